The average Bonchev–Trinajstić information content (AvgIpc) is 2.45. The number of nitrogens with zero attached hydrogens (tertiary/aromatic N) is 1. The van der Waals surface area contributed by atoms with E-state index in [0.29, 0.717) is 12.1 Å². The summed E-state index contributed by atoms with van der Waals surface area (Å²) in [7, 11) is 0. The maximum absolute atomic E-state index is 6.27. The van der Waals surface area contributed by atoms with Crippen LogP contribution < -0.4 is 10.6 Å². The summed E-state index contributed by atoms with van der Waals surface area (Å²) in [6.07, 6.45) is 4.97. The Morgan fingerprint density at radius 3 is 1.64 bits per heavy atom. The molecular weight excluding hydrogens is 268 g/mol. The highest BCUT2D eigenvalue weighted by molar-refractivity contribution is 5.68. The zero-order valence-electron chi connectivity index (χ0n) is 15.5. The van der Waals surface area contributed by atoms with Gasteiger partial charge in [-0.2, -0.15) is 0 Å². The molecule has 1 rings (SSSR count). The van der Waals surface area contributed by atoms with Crippen molar-refractivity contribution in [2.45, 2.75) is 79.3 Å². The van der Waals surface area contributed by atoms with Gasteiger partial charge in [-0.25, -0.2) is 0 Å². The molecule has 1 aromatic carbocycles. The van der Waals surface area contributed by atoms with Gasteiger partial charge < -0.3 is 10.6 Å². The highest BCUT2D eigenvalue weighted by atomic mass is 15.2. The van der Waals surface area contributed by atoms with Crippen molar-refractivity contribution in [2.24, 2.45) is 11.8 Å². The fraction of sp³-hybridized carbons (Fsp3) is 0.700. The highest BCUT2D eigenvalue weighted by Gasteiger charge is 2.22. The van der Waals surface area contributed by atoms with Crippen LogP contribution in [0.4, 0.5) is 11.4 Å². The molecule has 0 aliphatic heterocycles. The van der Waals surface area contributed by atoms with Crippen molar-refractivity contribution in [2.75, 3.05) is 10.6 Å². The van der Waals surface area contributed by atoms with Crippen LogP contribution in [0.25, 0.3) is 0 Å². The molecular formula is C20H36N2. The molecule has 126 valence electrons. The van der Waals surface area contributed by atoms with Crippen LogP contribution in [-0.4, -0.2) is 12.1 Å². The fourth-order valence-electron chi connectivity index (χ4n) is 3.06. The summed E-state index contributed by atoms with van der Waals surface area (Å²) in [6, 6.07) is 9.36. The van der Waals surface area contributed by atoms with Crippen LogP contribution in [-0.2, 0) is 0 Å². The van der Waals surface area contributed by atoms with E-state index in [1.54, 1.807) is 0 Å². The first kappa shape index (κ1) is 18.9. The lowest BCUT2D eigenvalue weighted by atomic mass is 9.98. The van der Waals surface area contributed by atoms with Crippen molar-refractivity contribution >= 4 is 11.4 Å². The second-order valence-corrected chi connectivity index (χ2v) is 7.61. The second-order valence-electron chi connectivity index (χ2n) is 7.61. The van der Waals surface area contributed by atoms with Crippen molar-refractivity contribution < 1.29 is 0 Å². The molecule has 0 aliphatic carbocycles. The van der Waals surface area contributed by atoms with E-state index in [9.17, 15) is 0 Å². The first-order valence-corrected chi connectivity index (χ1v) is 8.95. The minimum absolute atomic E-state index is 0.522. The summed E-state index contributed by atoms with van der Waals surface area (Å²) < 4.78 is 0. The summed E-state index contributed by atoms with van der Waals surface area (Å²) in [5.74, 6) is 1.51. The van der Waals surface area contributed by atoms with E-state index in [0.717, 1.165) is 17.5 Å². The van der Waals surface area contributed by atoms with Gasteiger partial charge in [0.05, 0.1) is 11.4 Å². The summed E-state index contributed by atoms with van der Waals surface area (Å²) >= 11 is 0. The van der Waals surface area contributed by atoms with E-state index in [-0.39, 0.29) is 0 Å². The highest BCUT2D eigenvalue weighted by Crippen LogP contribution is 2.30. The fourth-order valence-corrected chi connectivity index (χ4v) is 3.06. The number of hydrogen-bond acceptors (Lipinski definition) is 2. The molecule has 2 N–H and O–H groups in total. The first-order valence-electron chi connectivity index (χ1n) is 8.95. The number of rotatable bonds is 9. The van der Waals surface area contributed by atoms with Gasteiger partial charge in [-0.15, -0.1) is 0 Å². The maximum atomic E-state index is 6.27. The van der Waals surface area contributed by atoms with E-state index in [4.69, 9.17) is 5.73 Å². The van der Waals surface area contributed by atoms with Crippen LogP contribution in [0.1, 0.15) is 67.2 Å². The van der Waals surface area contributed by atoms with E-state index in [2.05, 4.69) is 58.6 Å². The Morgan fingerprint density at radius 2 is 1.23 bits per heavy atom. The molecule has 0 amide bonds. The smallest absolute Gasteiger partial charge is 0.0604 e. The van der Waals surface area contributed by atoms with E-state index in [1.165, 1.54) is 31.4 Å². The molecule has 22 heavy (non-hydrogen) atoms. The minimum Gasteiger partial charge on any atom is -0.397 e. The third-order valence-electron chi connectivity index (χ3n) is 4.49. The molecule has 2 atom stereocenters. The Labute approximate surface area is 138 Å². The monoisotopic (exact) mass is 304 g/mol. The third kappa shape index (κ3) is 5.90. The average molecular weight is 305 g/mol. The van der Waals surface area contributed by atoms with Crippen molar-refractivity contribution in [3.63, 3.8) is 0 Å². The molecule has 0 saturated heterocycles. The Bertz CT molecular complexity index is 407. The first-order chi connectivity index (χ1) is 10.3. The van der Waals surface area contributed by atoms with Gasteiger partial charge in [0.2, 0.25) is 0 Å². The third-order valence-corrected chi connectivity index (χ3v) is 4.49. The van der Waals surface area contributed by atoms with Crippen molar-refractivity contribution in [3.05, 3.63) is 24.3 Å². The topological polar surface area (TPSA) is 29.3 Å². The molecule has 0 saturated carbocycles. The summed E-state index contributed by atoms with van der Waals surface area (Å²) in [6.45, 7) is 13.9. The van der Waals surface area contributed by atoms with Gasteiger partial charge in [0.15, 0.2) is 0 Å². The molecule has 2 unspecified atom stereocenters. The molecule has 1 aromatic rings. The van der Waals surface area contributed by atoms with Crippen molar-refractivity contribution in [1.82, 2.24) is 0 Å². The number of nitrogen functional groups attached to an aromatic ring is 1. The SMILES string of the molecule is CC(C)CCC(C)N(c1ccccc1N)C(C)CCC(C)C. The van der Waals surface area contributed by atoms with E-state index < -0.39 is 0 Å². The van der Waals surface area contributed by atoms with Gasteiger partial charge in [0.25, 0.3) is 0 Å². The lowest BCUT2D eigenvalue weighted by molar-refractivity contribution is 0.431. The lowest BCUT2D eigenvalue weighted by Crippen LogP contribution is -2.41. The van der Waals surface area contributed by atoms with Crippen LogP contribution in [0.15, 0.2) is 24.3 Å². The number of benzene rings is 1. The second kappa shape index (κ2) is 9.07. The van der Waals surface area contributed by atoms with Crippen LogP contribution in [0.5, 0.6) is 0 Å². The molecule has 0 radical (unpaired) electrons. The summed E-state index contributed by atoms with van der Waals surface area (Å²) in [5, 5.41) is 0. The largest absolute Gasteiger partial charge is 0.397 e. The van der Waals surface area contributed by atoms with Crippen LogP contribution >= 0.6 is 0 Å². The molecule has 0 fully saturated rings. The maximum Gasteiger partial charge on any atom is 0.0604 e. The van der Waals surface area contributed by atoms with Gasteiger partial charge >= 0.3 is 0 Å². The summed E-state index contributed by atoms with van der Waals surface area (Å²) in [4.78, 5) is 2.56. The standard InChI is InChI=1S/C20H36N2/c1-15(2)11-13-17(5)22(18(6)14-12-16(3)4)20-10-8-7-9-19(20)21/h7-10,15-18H,11-14,21H2,1-6H3. The zero-order valence-corrected chi connectivity index (χ0v) is 15.5. The van der Waals surface area contributed by atoms with E-state index >= 15 is 0 Å². The Kier molecular flexibility index (Phi) is 7.78. The Balaban J connectivity index is 2.91. The number of hydrogen-bond donors (Lipinski definition) is 1. The Morgan fingerprint density at radius 1 is 0.773 bits per heavy atom. The number of anilines is 2. The predicted octanol–water partition coefficient (Wildman–Crippen LogP) is 5.72. The summed E-state index contributed by atoms with van der Waals surface area (Å²) in [5.41, 5.74) is 8.37. The van der Waals surface area contributed by atoms with Crippen LogP contribution in [0.2, 0.25) is 0 Å². The minimum atomic E-state index is 0.522. The number of para-hydroxylation sites is 2. The van der Waals surface area contributed by atoms with E-state index in [1.807, 2.05) is 12.1 Å². The molecule has 0 aromatic heterocycles. The van der Waals surface area contributed by atoms with Gasteiger partial charge in [-0.1, -0.05) is 39.8 Å². The quantitative estimate of drug-likeness (QED) is 0.591. The zero-order chi connectivity index (χ0) is 16.7. The number of nitrogens with two attached hydrogens (primary N) is 1. The molecule has 0 spiro atoms. The van der Waals surface area contributed by atoms with Crippen molar-refractivity contribution in [3.8, 4) is 0 Å². The normalized spacial score (nSPS) is 14.4. The molecule has 0 bridgehead atoms. The van der Waals surface area contributed by atoms with Gasteiger partial charge in [0.1, 0.15) is 0 Å². The van der Waals surface area contributed by atoms with Gasteiger partial charge in [-0.3, -0.25) is 0 Å². The molecule has 0 heterocycles. The molecule has 0 aliphatic rings. The van der Waals surface area contributed by atoms with Gasteiger partial charge in [-0.05, 0) is 63.5 Å². The lowest BCUT2D eigenvalue weighted by Gasteiger charge is -2.38. The van der Waals surface area contributed by atoms with Crippen molar-refractivity contribution in [1.29, 1.82) is 0 Å². The van der Waals surface area contributed by atoms with Gasteiger partial charge in [0, 0.05) is 12.1 Å². The Hall–Kier alpha value is -1.18. The molecule has 2 heteroatoms. The predicted molar refractivity (Wildman–Crippen MR) is 100 cm³/mol. The molecule has 2 nitrogen and oxygen atoms in total. The van der Waals surface area contributed by atoms with Crippen LogP contribution in [0, 0.1) is 11.8 Å². The van der Waals surface area contributed by atoms with Crippen LogP contribution in [0.3, 0.4) is 0 Å².